The van der Waals surface area contributed by atoms with Gasteiger partial charge in [0, 0.05) is 22.9 Å². The van der Waals surface area contributed by atoms with E-state index in [1.807, 2.05) is 0 Å². The molecule has 1 amide bonds. The number of methoxy groups -OCH3 is 2. The Bertz CT molecular complexity index is 1010. The van der Waals surface area contributed by atoms with Gasteiger partial charge in [0.25, 0.3) is 5.91 Å². The van der Waals surface area contributed by atoms with Crippen molar-refractivity contribution in [3.63, 3.8) is 0 Å². The zero-order valence-corrected chi connectivity index (χ0v) is 16.1. The molecule has 0 saturated carbocycles. The summed E-state index contributed by atoms with van der Waals surface area (Å²) in [4.78, 5) is 16.4. The van der Waals surface area contributed by atoms with Crippen LogP contribution in [0.15, 0.2) is 60.8 Å². The van der Waals surface area contributed by atoms with Gasteiger partial charge < -0.3 is 20.3 Å². The first-order valence-corrected chi connectivity index (χ1v) is 8.75. The molecular weight excluding hydrogens is 380 g/mol. The predicted molar refractivity (Wildman–Crippen MR) is 106 cm³/mol. The number of pyridine rings is 1. The molecule has 3 aromatic rings. The molecule has 28 heavy (non-hydrogen) atoms. The predicted octanol–water partition coefficient (Wildman–Crippen LogP) is 3.14. The van der Waals surface area contributed by atoms with Crippen molar-refractivity contribution >= 4 is 17.5 Å². The molecule has 0 radical (unpaired) electrons. The first kappa shape index (κ1) is 19.7. The quantitative estimate of drug-likeness (QED) is 0.665. The van der Waals surface area contributed by atoms with E-state index in [-0.39, 0.29) is 5.56 Å². The minimum atomic E-state index is -2.01. The lowest BCUT2D eigenvalue weighted by Gasteiger charge is -2.26. The Morgan fingerprint density at radius 1 is 1.04 bits per heavy atom. The molecule has 3 N–H and O–H groups in total. The number of carbonyl (C=O) groups is 1. The molecule has 1 unspecified atom stereocenters. The van der Waals surface area contributed by atoms with E-state index in [1.54, 1.807) is 54.6 Å². The second-order valence-corrected chi connectivity index (χ2v) is 6.50. The Morgan fingerprint density at radius 3 is 2.36 bits per heavy atom. The maximum absolute atomic E-state index is 12.2. The van der Waals surface area contributed by atoms with Crippen LogP contribution in [-0.4, -0.2) is 30.2 Å². The number of primary amides is 1. The van der Waals surface area contributed by atoms with Crippen molar-refractivity contribution in [3.05, 3.63) is 76.9 Å². The van der Waals surface area contributed by atoms with Crippen molar-refractivity contribution in [3.8, 4) is 22.8 Å². The Balaban J connectivity index is 2.19. The van der Waals surface area contributed by atoms with E-state index in [0.29, 0.717) is 33.3 Å². The van der Waals surface area contributed by atoms with Gasteiger partial charge in [0.05, 0.1) is 19.2 Å². The van der Waals surface area contributed by atoms with E-state index < -0.39 is 11.5 Å². The van der Waals surface area contributed by atoms with Gasteiger partial charge in [0.15, 0.2) is 5.60 Å². The van der Waals surface area contributed by atoms with Crippen molar-refractivity contribution in [1.29, 1.82) is 0 Å². The zero-order chi connectivity index (χ0) is 20.3. The highest BCUT2D eigenvalue weighted by Gasteiger charge is 2.38. The molecule has 1 heterocycles. The van der Waals surface area contributed by atoms with Crippen molar-refractivity contribution in [2.45, 2.75) is 5.60 Å². The summed E-state index contributed by atoms with van der Waals surface area (Å²) in [5.41, 5.74) is 5.44. The first-order chi connectivity index (χ1) is 13.4. The standard InChI is InChI=1S/C21H19ClN2O4/c1-27-18-10-14(21(26,20(23)25)13-6-4-3-5-7-13)8-9-16(18)17-11-15(22)12-24-19(17)28-2/h3-12,26H,1-2H3,(H2,23,25). The Morgan fingerprint density at radius 2 is 1.75 bits per heavy atom. The topological polar surface area (TPSA) is 94.7 Å². The lowest BCUT2D eigenvalue weighted by Crippen LogP contribution is -2.42. The molecule has 0 aliphatic rings. The number of halogens is 1. The molecule has 0 aliphatic carbocycles. The molecule has 1 aromatic heterocycles. The van der Waals surface area contributed by atoms with E-state index in [2.05, 4.69) is 4.98 Å². The number of benzene rings is 2. The normalized spacial score (nSPS) is 12.9. The van der Waals surface area contributed by atoms with E-state index in [1.165, 1.54) is 20.4 Å². The van der Waals surface area contributed by atoms with Gasteiger partial charge in [0.1, 0.15) is 5.75 Å². The number of carbonyl (C=O) groups excluding carboxylic acids is 1. The van der Waals surface area contributed by atoms with Gasteiger partial charge in [-0.15, -0.1) is 0 Å². The van der Waals surface area contributed by atoms with Crippen LogP contribution >= 0.6 is 11.6 Å². The molecule has 0 spiro atoms. The zero-order valence-electron chi connectivity index (χ0n) is 15.3. The molecule has 7 heteroatoms. The number of ether oxygens (including phenoxy) is 2. The fourth-order valence-electron chi connectivity index (χ4n) is 3.05. The number of amides is 1. The molecule has 144 valence electrons. The van der Waals surface area contributed by atoms with Crippen LogP contribution in [0.25, 0.3) is 11.1 Å². The van der Waals surface area contributed by atoms with Crippen LogP contribution in [0.2, 0.25) is 5.02 Å². The molecule has 0 fully saturated rings. The molecule has 0 saturated heterocycles. The minimum absolute atomic E-state index is 0.278. The molecule has 3 rings (SSSR count). The highest BCUT2D eigenvalue weighted by Crippen LogP contribution is 2.40. The van der Waals surface area contributed by atoms with Crippen LogP contribution in [0.3, 0.4) is 0 Å². The van der Waals surface area contributed by atoms with Gasteiger partial charge in [0.2, 0.25) is 5.88 Å². The summed E-state index contributed by atoms with van der Waals surface area (Å²) in [5, 5.41) is 11.6. The number of hydrogen-bond donors (Lipinski definition) is 2. The average molecular weight is 399 g/mol. The second kappa shape index (κ2) is 7.88. The summed E-state index contributed by atoms with van der Waals surface area (Å²) in [6.45, 7) is 0. The van der Waals surface area contributed by atoms with Crippen LogP contribution in [0.1, 0.15) is 11.1 Å². The Hall–Kier alpha value is -3.09. The first-order valence-electron chi connectivity index (χ1n) is 8.38. The fraction of sp³-hybridized carbons (Fsp3) is 0.143. The summed E-state index contributed by atoms with van der Waals surface area (Å²) < 4.78 is 10.8. The summed E-state index contributed by atoms with van der Waals surface area (Å²) in [7, 11) is 2.99. The van der Waals surface area contributed by atoms with Gasteiger partial charge in [-0.25, -0.2) is 4.98 Å². The third kappa shape index (κ3) is 3.40. The Kier molecular flexibility index (Phi) is 5.53. The minimum Gasteiger partial charge on any atom is -0.496 e. The van der Waals surface area contributed by atoms with Crippen LogP contribution in [0, 0.1) is 0 Å². The van der Waals surface area contributed by atoms with E-state index in [0.717, 1.165) is 0 Å². The highest BCUT2D eigenvalue weighted by molar-refractivity contribution is 6.30. The number of aromatic nitrogens is 1. The second-order valence-electron chi connectivity index (χ2n) is 6.07. The Labute approximate surface area is 167 Å². The summed E-state index contributed by atoms with van der Waals surface area (Å²) in [5.74, 6) is -0.130. The number of nitrogens with zero attached hydrogens (tertiary/aromatic N) is 1. The van der Waals surface area contributed by atoms with Gasteiger partial charge in [-0.05, 0) is 17.7 Å². The number of nitrogens with two attached hydrogens (primary N) is 1. The largest absolute Gasteiger partial charge is 0.496 e. The molecule has 0 aliphatic heterocycles. The van der Waals surface area contributed by atoms with Crippen molar-refractivity contribution in [2.24, 2.45) is 5.73 Å². The van der Waals surface area contributed by atoms with Crippen LogP contribution < -0.4 is 15.2 Å². The van der Waals surface area contributed by atoms with Crippen molar-refractivity contribution in [1.82, 2.24) is 4.98 Å². The smallest absolute Gasteiger partial charge is 0.258 e. The number of hydrogen-bond acceptors (Lipinski definition) is 5. The molecule has 2 aromatic carbocycles. The monoisotopic (exact) mass is 398 g/mol. The van der Waals surface area contributed by atoms with Crippen molar-refractivity contribution in [2.75, 3.05) is 14.2 Å². The van der Waals surface area contributed by atoms with Gasteiger partial charge >= 0.3 is 0 Å². The van der Waals surface area contributed by atoms with Gasteiger partial charge in [-0.1, -0.05) is 54.1 Å². The van der Waals surface area contributed by atoms with Gasteiger partial charge in [-0.2, -0.15) is 0 Å². The number of rotatable bonds is 6. The highest BCUT2D eigenvalue weighted by atomic mass is 35.5. The molecule has 1 atom stereocenters. The van der Waals surface area contributed by atoms with E-state index in [9.17, 15) is 9.90 Å². The fourth-order valence-corrected chi connectivity index (χ4v) is 3.21. The van der Waals surface area contributed by atoms with Crippen LogP contribution in [0.5, 0.6) is 11.6 Å². The lowest BCUT2D eigenvalue weighted by atomic mass is 9.84. The van der Waals surface area contributed by atoms with E-state index >= 15 is 0 Å². The maximum Gasteiger partial charge on any atom is 0.258 e. The molecular formula is C21H19ClN2O4. The van der Waals surface area contributed by atoms with E-state index in [4.69, 9.17) is 26.8 Å². The molecule has 6 nitrogen and oxygen atoms in total. The van der Waals surface area contributed by atoms with Gasteiger partial charge in [-0.3, -0.25) is 4.79 Å². The summed E-state index contributed by atoms with van der Waals surface area (Å²) in [6.07, 6.45) is 1.48. The summed E-state index contributed by atoms with van der Waals surface area (Å²) >= 11 is 6.08. The summed E-state index contributed by atoms with van der Waals surface area (Å²) in [6, 6.07) is 15.1. The van der Waals surface area contributed by atoms with Crippen molar-refractivity contribution < 1.29 is 19.4 Å². The lowest BCUT2D eigenvalue weighted by molar-refractivity contribution is -0.133. The SMILES string of the molecule is COc1cc(C(O)(C(N)=O)c2ccccc2)ccc1-c1cc(Cl)cnc1OC. The molecule has 0 bridgehead atoms. The third-order valence-electron chi connectivity index (χ3n) is 4.47. The van der Waals surface area contributed by atoms with Crippen LogP contribution in [0.4, 0.5) is 0 Å². The third-order valence-corrected chi connectivity index (χ3v) is 4.68. The number of aliphatic hydroxyl groups is 1. The maximum atomic E-state index is 12.2. The average Bonchev–Trinajstić information content (AvgIpc) is 2.73. The van der Waals surface area contributed by atoms with Crippen LogP contribution in [-0.2, 0) is 10.4 Å².